The van der Waals surface area contributed by atoms with Crippen LogP contribution in [0.3, 0.4) is 0 Å². The van der Waals surface area contributed by atoms with Crippen molar-refractivity contribution in [3.05, 3.63) is 29.6 Å². The largest absolute Gasteiger partial charge is 0.372 e. The second kappa shape index (κ2) is 7.79. The summed E-state index contributed by atoms with van der Waals surface area (Å²) < 4.78 is 14.3. The SMILES string of the molecule is CC(C)NCc1ccc(N(C)CC2CCCCC2)c(F)c1. The van der Waals surface area contributed by atoms with Gasteiger partial charge in [0.2, 0.25) is 0 Å². The van der Waals surface area contributed by atoms with Crippen molar-refractivity contribution >= 4 is 5.69 Å². The minimum absolute atomic E-state index is 0.101. The molecular formula is C18H29FN2. The number of nitrogens with zero attached hydrogens (tertiary/aromatic N) is 1. The van der Waals surface area contributed by atoms with Crippen molar-refractivity contribution in [3.63, 3.8) is 0 Å². The van der Waals surface area contributed by atoms with Gasteiger partial charge in [-0.2, -0.15) is 0 Å². The summed E-state index contributed by atoms with van der Waals surface area (Å²) in [6.45, 7) is 5.90. The molecule has 21 heavy (non-hydrogen) atoms. The van der Waals surface area contributed by atoms with E-state index in [0.717, 1.165) is 30.3 Å². The van der Waals surface area contributed by atoms with E-state index in [1.54, 1.807) is 6.07 Å². The maximum atomic E-state index is 14.3. The van der Waals surface area contributed by atoms with Gasteiger partial charge < -0.3 is 10.2 Å². The van der Waals surface area contributed by atoms with Crippen molar-refractivity contribution in [2.24, 2.45) is 5.92 Å². The fourth-order valence-electron chi connectivity index (χ4n) is 3.15. The zero-order valence-corrected chi connectivity index (χ0v) is 13.7. The van der Waals surface area contributed by atoms with Crippen LogP contribution in [0, 0.1) is 11.7 Å². The zero-order valence-electron chi connectivity index (χ0n) is 13.7. The molecule has 1 aromatic rings. The molecule has 2 nitrogen and oxygen atoms in total. The van der Waals surface area contributed by atoms with Gasteiger partial charge in [0.15, 0.2) is 0 Å². The third kappa shape index (κ3) is 4.99. The molecule has 0 bridgehead atoms. The summed E-state index contributed by atoms with van der Waals surface area (Å²) in [6, 6.07) is 6.05. The van der Waals surface area contributed by atoms with E-state index in [0.29, 0.717) is 6.04 Å². The summed E-state index contributed by atoms with van der Waals surface area (Å²) in [4.78, 5) is 2.09. The number of rotatable bonds is 6. The van der Waals surface area contributed by atoms with Crippen LogP contribution in [0.5, 0.6) is 0 Å². The highest BCUT2D eigenvalue weighted by atomic mass is 19.1. The Morgan fingerprint density at radius 1 is 1.24 bits per heavy atom. The molecule has 0 amide bonds. The van der Waals surface area contributed by atoms with E-state index in [2.05, 4.69) is 24.1 Å². The molecule has 1 saturated carbocycles. The van der Waals surface area contributed by atoms with Crippen molar-refractivity contribution in [1.82, 2.24) is 5.32 Å². The van der Waals surface area contributed by atoms with E-state index < -0.39 is 0 Å². The molecule has 0 saturated heterocycles. The van der Waals surface area contributed by atoms with Gasteiger partial charge >= 0.3 is 0 Å². The van der Waals surface area contributed by atoms with Crippen LogP contribution in [0.1, 0.15) is 51.5 Å². The van der Waals surface area contributed by atoms with Crippen LogP contribution in [-0.4, -0.2) is 19.6 Å². The number of benzene rings is 1. The van der Waals surface area contributed by atoms with Crippen LogP contribution in [0.25, 0.3) is 0 Å². The minimum Gasteiger partial charge on any atom is -0.372 e. The summed E-state index contributed by atoms with van der Waals surface area (Å²) in [7, 11) is 2.01. The molecule has 0 radical (unpaired) electrons. The maximum absolute atomic E-state index is 14.3. The predicted molar refractivity (Wildman–Crippen MR) is 88.2 cm³/mol. The van der Waals surface area contributed by atoms with Gasteiger partial charge in [-0.1, -0.05) is 39.2 Å². The minimum atomic E-state index is -0.101. The second-order valence-corrected chi connectivity index (χ2v) is 6.71. The Morgan fingerprint density at radius 2 is 1.95 bits per heavy atom. The molecule has 0 heterocycles. The van der Waals surface area contributed by atoms with Gasteiger partial charge in [0.1, 0.15) is 5.82 Å². The molecular weight excluding hydrogens is 263 g/mol. The van der Waals surface area contributed by atoms with E-state index in [1.807, 2.05) is 19.2 Å². The Labute approximate surface area is 128 Å². The van der Waals surface area contributed by atoms with E-state index in [9.17, 15) is 4.39 Å². The second-order valence-electron chi connectivity index (χ2n) is 6.71. The van der Waals surface area contributed by atoms with Crippen molar-refractivity contribution in [3.8, 4) is 0 Å². The fraction of sp³-hybridized carbons (Fsp3) is 0.667. The molecule has 0 unspecified atom stereocenters. The quantitative estimate of drug-likeness (QED) is 0.839. The highest BCUT2D eigenvalue weighted by Gasteiger charge is 2.17. The number of nitrogens with one attached hydrogen (secondary N) is 1. The zero-order chi connectivity index (χ0) is 15.2. The van der Waals surface area contributed by atoms with Crippen molar-refractivity contribution in [2.45, 2.75) is 58.5 Å². The van der Waals surface area contributed by atoms with Crippen LogP contribution in [0.15, 0.2) is 18.2 Å². The van der Waals surface area contributed by atoms with Gasteiger partial charge in [-0.05, 0) is 36.5 Å². The first kappa shape index (κ1) is 16.3. The van der Waals surface area contributed by atoms with E-state index in [-0.39, 0.29) is 5.82 Å². The summed E-state index contributed by atoms with van der Waals surface area (Å²) in [5.41, 5.74) is 1.74. The fourth-order valence-corrected chi connectivity index (χ4v) is 3.15. The monoisotopic (exact) mass is 292 g/mol. The first-order valence-electron chi connectivity index (χ1n) is 8.29. The lowest BCUT2D eigenvalue weighted by atomic mass is 9.89. The molecule has 1 aliphatic rings. The maximum Gasteiger partial charge on any atom is 0.146 e. The first-order chi connectivity index (χ1) is 10.1. The molecule has 1 aromatic carbocycles. The number of hydrogen-bond acceptors (Lipinski definition) is 2. The van der Waals surface area contributed by atoms with Gasteiger partial charge in [-0.3, -0.25) is 0 Å². The topological polar surface area (TPSA) is 15.3 Å². The standard InChI is InChI=1S/C18H29FN2/c1-14(2)20-12-16-9-10-18(17(19)11-16)21(3)13-15-7-5-4-6-8-15/h9-11,14-15,20H,4-8,12-13H2,1-3H3. The highest BCUT2D eigenvalue weighted by Crippen LogP contribution is 2.27. The average molecular weight is 292 g/mol. The lowest BCUT2D eigenvalue weighted by Gasteiger charge is -2.28. The molecule has 1 N–H and O–H groups in total. The molecule has 3 heteroatoms. The van der Waals surface area contributed by atoms with Crippen LogP contribution >= 0.6 is 0 Å². The third-order valence-corrected chi connectivity index (χ3v) is 4.39. The van der Waals surface area contributed by atoms with Crippen LogP contribution in [-0.2, 0) is 6.54 Å². The summed E-state index contributed by atoms with van der Waals surface area (Å²) in [5.74, 6) is 0.627. The van der Waals surface area contributed by atoms with Gasteiger partial charge in [0.25, 0.3) is 0 Å². The van der Waals surface area contributed by atoms with Gasteiger partial charge in [-0.25, -0.2) is 4.39 Å². The van der Waals surface area contributed by atoms with Crippen LogP contribution in [0.4, 0.5) is 10.1 Å². The molecule has 118 valence electrons. The van der Waals surface area contributed by atoms with Crippen LogP contribution < -0.4 is 10.2 Å². The van der Waals surface area contributed by atoms with Gasteiger partial charge in [0.05, 0.1) is 5.69 Å². The Hall–Kier alpha value is -1.09. The van der Waals surface area contributed by atoms with Gasteiger partial charge in [0, 0.05) is 26.2 Å². The van der Waals surface area contributed by atoms with Crippen molar-refractivity contribution in [1.29, 1.82) is 0 Å². The van der Waals surface area contributed by atoms with Crippen LogP contribution in [0.2, 0.25) is 0 Å². The molecule has 0 aromatic heterocycles. The van der Waals surface area contributed by atoms with Gasteiger partial charge in [-0.15, -0.1) is 0 Å². The molecule has 0 spiro atoms. The molecule has 1 aliphatic carbocycles. The van der Waals surface area contributed by atoms with Crippen molar-refractivity contribution in [2.75, 3.05) is 18.5 Å². The van der Waals surface area contributed by atoms with E-state index in [1.165, 1.54) is 32.1 Å². The Bertz CT molecular complexity index is 439. The molecule has 0 atom stereocenters. The summed E-state index contributed by atoms with van der Waals surface area (Å²) in [6.07, 6.45) is 6.62. The van der Waals surface area contributed by atoms with Crippen molar-refractivity contribution < 1.29 is 4.39 Å². The number of anilines is 1. The normalized spacial score (nSPS) is 16.4. The number of halogens is 1. The average Bonchev–Trinajstić information content (AvgIpc) is 2.46. The highest BCUT2D eigenvalue weighted by molar-refractivity contribution is 5.48. The Balaban J connectivity index is 1.95. The predicted octanol–water partition coefficient (Wildman–Crippen LogP) is 4.34. The van der Waals surface area contributed by atoms with E-state index >= 15 is 0 Å². The lowest BCUT2D eigenvalue weighted by molar-refractivity contribution is 0.361. The Morgan fingerprint density at radius 3 is 2.57 bits per heavy atom. The molecule has 1 fully saturated rings. The lowest BCUT2D eigenvalue weighted by Crippen LogP contribution is -2.27. The molecule has 2 rings (SSSR count). The van der Waals surface area contributed by atoms with E-state index in [4.69, 9.17) is 0 Å². The number of hydrogen-bond donors (Lipinski definition) is 1. The summed E-state index contributed by atoms with van der Waals surface area (Å²) >= 11 is 0. The third-order valence-electron chi connectivity index (χ3n) is 4.39. The Kier molecular flexibility index (Phi) is 6.04. The summed E-state index contributed by atoms with van der Waals surface area (Å²) in [5, 5.41) is 3.32. The smallest absolute Gasteiger partial charge is 0.146 e. The first-order valence-corrected chi connectivity index (χ1v) is 8.29. The molecule has 0 aliphatic heterocycles.